The molecule has 0 aromatic heterocycles. The fraction of sp³-hybridized carbons (Fsp3) is 0.320. The lowest BCUT2D eigenvalue weighted by Crippen LogP contribution is -2.47. The van der Waals surface area contributed by atoms with Gasteiger partial charge in [-0.25, -0.2) is 0 Å². The maximum Gasteiger partial charge on any atom is 0.277 e. The molecule has 2 aliphatic rings. The van der Waals surface area contributed by atoms with E-state index in [1.165, 1.54) is 23.1 Å². The first kappa shape index (κ1) is 21.6. The van der Waals surface area contributed by atoms with Crippen molar-refractivity contribution in [1.29, 1.82) is 0 Å². The number of rotatable bonds is 5. The van der Waals surface area contributed by atoms with Gasteiger partial charge in [-0.1, -0.05) is 24.3 Å². The van der Waals surface area contributed by atoms with E-state index in [2.05, 4.69) is 41.4 Å². The van der Waals surface area contributed by atoms with Gasteiger partial charge in [-0.05, 0) is 49.2 Å². The Labute approximate surface area is 188 Å². The van der Waals surface area contributed by atoms with Gasteiger partial charge in [0.05, 0.1) is 5.57 Å². The average molecular weight is 433 g/mol. The molecule has 166 valence electrons. The molecule has 2 aromatic rings. The summed E-state index contributed by atoms with van der Waals surface area (Å²) in [6.07, 6.45) is 0. The Morgan fingerprint density at radius 2 is 1.59 bits per heavy atom. The number of nitrogens with zero attached hydrogens (tertiary/aromatic N) is 3. The number of nitrogens with one attached hydrogen (secondary N) is 1. The van der Waals surface area contributed by atoms with Crippen LogP contribution in [0, 0.1) is 6.92 Å². The van der Waals surface area contributed by atoms with E-state index in [9.17, 15) is 14.4 Å². The van der Waals surface area contributed by atoms with Crippen LogP contribution in [-0.4, -0.2) is 60.2 Å². The molecule has 0 bridgehead atoms. The van der Waals surface area contributed by atoms with Crippen LogP contribution in [0.3, 0.4) is 0 Å². The zero-order valence-corrected chi connectivity index (χ0v) is 18.7. The third-order valence-corrected chi connectivity index (χ3v) is 5.92. The van der Waals surface area contributed by atoms with E-state index < -0.39 is 0 Å². The number of piperazine rings is 1. The van der Waals surface area contributed by atoms with Crippen LogP contribution in [0.2, 0.25) is 0 Å². The Kier molecular flexibility index (Phi) is 5.99. The highest BCUT2D eigenvalue weighted by atomic mass is 16.2. The van der Waals surface area contributed by atoms with Gasteiger partial charge in [0, 0.05) is 51.0 Å². The van der Waals surface area contributed by atoms with Gasteiger partial charge >= 0.3 is 0 Å². The predicted molar refractivity (Wildman–Crippen MR) is 125 cm³/mol. The summed E-state index contributed by atoms with van der Waals surface area (Å²) in [5.41, 5.74) is 4.65. The first-order valence-electron chi connectivity index (χ1n) is 10.9. The van der Waals surface area contributed by atoms with E-state index in [0.29, 0.717) is 42.2 Å². The summed E-state index contributed by atoms with van der Waals surface area (Å²) in [7, 11) is 0. The summed E-state index contributed by atoms with van der Waals surface area (Å²) >= 11 is 0. The molecule has 2 aliphatic heterocycles. The highest BCUT2D eigenvalue weighted by Crippen LogP contribution is 2.33. The van der Waals surface area contributed by atoms with E-state index >= 15 is 0 Å². The average Bonchev–Trinajstić information content (AvgIpc) is 3.03. The van der Waals surface area contributed by atoms with Gasteiger partial charge in [0.2, 0.25) is 5.91 Å². The minimum absolute atomic E-state index is 0.159. The van der Waals surface area contributed by atoms with E-state index in [0.717, 1.165) is 13.1 Å². The Bertz CT molecular complexity index is 1080. The second kappa shape index (κ2) is 8.86. The van der Waals surface area contributed by atoms with E-state index in [-0.39, 0.29) is 17.7 Å². The summed E-state index contributed by atoms with van der Waals surface area (Å²) in [5, 5.41) is 2.73. The van der Waals surface area contributed by atoms with Gasteiger partial charge in [0.15, 0.2) is 0 Å². The summed E-state index contributed by atoms with van der Waals surface area (Å²) in [4.78, 5) is 43.3. The fourth-order valence-electron chi connectivity index (χ4n) is 4.34. The maximum absolute atomic E-state index is 13.2. The number of carbonyl (C=O) groups excluding carboxylic acids is 3. The highest BCUT2D eigenvalue weighted by Gasteiger charge is 2.41. The van der Waals surface area contributed by atoms with Gasteiger partial charge in [-0.3, -0.25) is 19.3 Å². The normalized spacial score (nSPS) is 16.8. The molecule has 1 N–H and O–H groups in total. The number of carbonyl (C=O) groups is 3. The van der Waals surface area contributed by atoms with Gasteiger partial charge < -0.3 is 15.1 Å². The number of aryl methyl sites for hydroxylation is 1. The van der Waals surface area contributed by atoms with Crippen molar-refractivity contribution in [2.45, 2.75) is 20.8 Å². The van der Waals surface area contributed by atoms with Crippen molar-refractivity contribution in [2.75, 3.05) is 42.9 Å². The Hall–Kier alpha value is -3.61. The van der Waals surface area contributed by atoms with Crippen molar-refractivity contribution in [3.8, 4) is 0 Å². The van der Waals surface area contributed by atoms with Crippen LogP contribution in [0.4, 0.5) is 11.4 Å². The molecule has 0 radical (unpaired) electrons. The van der Waals surface area contributed by atoms with E-state index in [4.69, 9.17) is 0 Å². The molecule has 7 heteroatoms. The number of anilines is 2. The molecule has 32 heavy (non-hydrogen) atoms. The van der Waals surface area contributed by atoms with Gasteiger partial charge in [0.1, 0.15) is 5.70 Å². The summed E-state index contributed by atoms with van der Waals surface area (Å²) in [5.74, 6) is -0.656. The zero-order valence-electron chi connectivity index (χ0n) is 18.7. The van der Waals surface area contributed by atoms with Crippen LogP contribution in [0.5, 0.6) is 0 Å². The molecule has 1 saturated heterocycles. The second-order valence-electron chi connectivity index (χ2n) is 8.15. The van der Waals surface area contributed by atoms with Crippen molar-refractivity contribution in [3.05, 3.63) is 65.4 Å². The Balaban J connectivity index is 1.61. The molecular formula is C25H28N4O3. The van der Waals surface area contributed by atoms with Crippen molar-refractivity contribution in [2.24, 2.45) is 0 Å². The van der Waals surface area contributed by atoms with Gasteiger partial charge in [0.25, 0.3) is 11.8 Å². The van der Waals surface area contributed by atoms with Crippen LogP contribution >= 0.6 is 0 Å². The molecule has 0 atom stereocenters. The Morgan fingerprint density at radius 1 is 0.938 bits per heavy atom. The van der Waals surface area contributed by atoms with Crippen LogP contribution < -0.4 is 10.2 Å². The second-order valence-corrected chi connectivity index (χ2v) is 8.15. The van der Waals surface area contributed by atoms with Crippen LogP contribution in [0.25, 0.3) is 5.57 Å². The van der Waals surface area contributed by atoms with E-state index in [1.807, 2.05) is 11.8 Å². The van der Waals surface area contributed by atoms with Crippen molar-refractivity contribution in [3.63, 3.8) is 0 Å². The standard InChI is InChI=1S/C25H28N4O3/c1-4-29-24(31)22(19-8-10-20(11-9-19)26-18(3)30)23(25(29)32)28-14-12-27(13-15-28)21-7-5-6-17(2)16-21/h5-11,16H,4,12-15H2,1-3H3,(H,26,30). The molecule has 0 aliphatic carbocycles. The minimum atomic E-state index is -0.263. The quantitative estimate of drug-likeness (QED) is 0.736. The molecule has 4 rings (SSSR count). The lowest BCUT2D eigenvalue weighted by atomic mass is 10.0. The first-order chi connectivity index (χ1) is 15.4. The SMILES string of the molecule is CCN1C(=O)C(c2ccc(NC(C)=O)cc2)=C(N2CCN(c3cccc(C)c3)CC2)C1=O. The minimum Gasteiger partial charge on any atom is -0.368 e. The number of hydrogen-bond acceptors (Lipinski definition) is 5. The monoisotopic (exact) mass is 432 g/mol. The van der Waals surface area contributed by atoms with Crippen molar-refractivity contribution >= 4 is 34.7 Å². The maximum atomic E-state index is 13.2. The highest BCUT2D eigenvalue weighted by molar-refractivity contribution is 6.35. The van der Waals surface area contributed by atoms with Crippen molar-refractivity contribution < 1.29 is 14.4 Å². The fourth-order valence-corrected chi connectivity index (χ4v) is 4.34. The first-order valence-corrected chi connectivity index (χ1v) is 10.9. The molecule has 2 heterocycles. The predicted octanol–water partition coefficient (Wildman–Crippen LogP) is 2.88. The number of imide groups is 1. The zero-order chi connectivity index (χ0) is 22.8. The molecule has 3 amide bonds. The molecule has 1 fully saturated rings. The van der Waals surface area contributed by atoms with Crippen LogP contribution in [-0.2, 0) is 14.4 Å². The summed E-state index contributed by atoms with van der Waals surface area (Å²) < 4.78 is 0. The summed E-state index contributed by atoms with van der Waals surface area (Å²) in [6, 6.07) is 15.5. The smallest absolute Gasteiger partial charge is 0.277 e. The van der Waals surface area contributed by atoms with Gasteiger partial charge in [-0.2, -0.15) is 0 Å². The third-order valence-electron chi connectivity index (χ3n) is 5.92. The Morgan fingerprint density at radius 3 is 2.19 bits per heavy atom. The molecule has 0 saturated carbocycles. The molecule has 0 unspecified atom stereocenters. The number of amides is 3. The number of likely N-dealkylation sites (N-methyl/N-ethyl adjacent to an activating group) is 1. The molecule has 0 spiro atoms. The van der Waals surface area contributed by atoms with Crippen molar-refractivity contribution in [1.82, 2.24) is 9.80 Å². The molecule has 2 aromatic carbocycles. The lowest BCUT2D eigenvalue weighted by Gasteiger charge is -2.37. The largest absolute Gasteiger partial charge is 0.368 e. The van der Waals surface area contributed by atoms with E-state index in [1.54, 1.807) is 24.3 Å². The summed E-state index contributed by atoms with van der Waals surface area (Å²) in [6.45, 7) is 8.54. The molecular weight excluding hydrogens is 404 g/mol. The topological polar surface area (TPSA) is 73.0 Å². The third kappa shape index (κ3) is 4.10. The number of hydrogen-bond donors (Lipinski definition) is 1. The van der Waals surface area contributed by atoms with Gasteiger partial charge in [-0.15, -0.1) is 0 Å². The number of benzene rings is 2. The lowest BCUT2D eigenvalue weighted by molar-refractivity contribution is -0.137. The van der Waals surface area contributed by atoms with Crippen LogP contribution in [0.1, 0.15) is 25.0 Å². The van der Waals surface area contributed by atoms with Crippen LogP contribution in [0.15, 0.2) is 54.2 Å². The molecule has 7 nitrogen and oxygen atoms in total.